The number of aromatic amines is 1. The van der Waals surface area contributed by atoms with Crippen LogP contribution in [0.4, 0.5) is 0 Å². The average molecular weight is 397 g/mol. The summed E-state index contributed by atoms with van der Waals surface area (Å²) in [6.45, 7) is 0.979. The molecular formula is C20H19N3O4S. The second-order valence-electron chi connectivity index (χ2n) is 6.56. The molecule has 0 saturated carbocycles. The molecule has 2 N–H and O–H groups in total. The predicted octanol–water partition coefficient (Wildman–Crippen LogP) is 2.33. The molecule has 0 aliphatic carbocycles. The number of esters is 1. The Morgan fingerprint density at radius 2 is 2.14 bits per heavy atom. The average Bonchev–Trinajstić information content (AvgIpc) is 3.38. The molecule has 3 heterocycles. The van der Waals surface area contributed by atoms with E-state index in [0.29, 0.717) is 30.0 Å². The van der Waals surface area contributed by atoms with Crippen molar-refractivity contribution in [2.24, 2.45) is 0 Å². The first-order valence-electron chi connectivity index (χ1n) is 8.88. The van der Waals surface area contributed by atoms with Gasteiger partial charge in [-0.05, 0) is 29.6 Å². The lowest BCUT2D eigenvalue weighted by molar-refractivity contribution is -0.131. The first-order valence-corrected chi connectivity index (χ1v) is 9.76. The molecule has 0 atom stereocenters. The number of benzene rings is 1. The van der Waals surface area contributed by atoms with Gasteiger partial charge in [-0.2, -0.15) is 0 Å². The number of nitrogens with zero attached hydrogens (tertiary/aromatic N) is 1. The SMILES string of the molecule is COC(=O)c1ccc2[nH]c3c(c2c1)CN(C(=O)CNC(=O)c1cccs1)CC3. The molecule has 3 aromatic rings. The molecule has 8 heteroatoms. The number of nitrogens with one attached hydrogen (secondary N) is 2. The minimum atomic E-state index is -0.392. The van der Waals surface area contributed by atoms with Gasteiger partial charge in [-0.1, -0.05) is 6.07 Å². The molecule has 0 bridgehead atoms. The smallest absolute Gasteiger partial charge is 0.337 e. The Morgan fingerprint density at radius 1 is 1.29 bits per heavy atom. The van der Waals surface area contributed by atoms with E-state index in [-0.39, 0.29) is 18.4 Å². The Kier molecular flexibility index (Phi) is 4.87. The van der Waals surface area contributed by atoms with Crippen molar-refractivity contribution >= 4 is 40.0 Å². The van der Waals surface area contributed by atoms with Gasteiger partial charge in [0.15, 0.2) is 0 Å². The molecule has 4 rings (SSSR count). The molecule has 1 aliphatic heterocycles. The third-order valence-electron chi connectivity index (χ3n) is 4.89. The topological polar surface area (TPSA) is 91.5 Å². The minimum Gasteiger partial charge on any atom is -0.465 e. The van der Waals surface area contributed by atoms with Gasteiger partial charge < -0.3 is 19.9 Å². The molecule has 1 aliphatic rings. The van der Waals surface area contributed by atoms with Crippen molar-refractivity contribution in [3.8, 4) is 0 Å². The highest BCUT2D eigenvalue weighted by Gasteiger charge is 2.25. The van der Waals surface area contributed by atoms with Gasteiger partial charge in [0.05, 0.1) is 24.1 Å². The van der Waals surface area contributed by atoms with Crippen LogP contribution in [0.25, 0.3) is 10.9 Å². The van der Waals surface area contributed by atoms with Gasteiger partial charge in [0, 0.05) is 41.7 Å². The number of aromatic nitrogens is 1. The van der Waals surface area contributed by atoms with Crippen LogP contribution in [0.2, 0.25) is 0 Å². The van der Waals surface area contributed by atoms with E-state index >= 15 is 0 Å². The Morgan fingerprint density at radius 3 is 2.89 bits per heavy atom. The van der Waals surface area contributed by atoms with Crippen LogP contribution in [0.5, 0.6) is 0 Å². The summed E-state index contributed by atoms with van der Waals surface area (Å²) in [5, 5.41) is 5.42. The number of H-pyrrole nitrogens is 1. The third kappa shape index (κ3) is 3.38. The number of thiophene rings is 1. The first-order chi connectivity index (χ1) is 13.6. The molecule has 28 heavy (non-hydrogen) atoms. The quantitative estimate of drug-likeness (QED) is 0.661. The lowest BCUT2D eigenvalue weighted by atomic mass is 10.0. The van der Waals surface area contributed by atoms with E-state index in [9.17, 15) is 14.4 Å². The van der Waals surface area contributed by atoms with E-state index in [4.69, 9.17) is 4.74 Å². The zero-order valence-electron chi connectivity index (χ0n) is 15.3. The van der Waals surface area contributed by atoms with Crippen molar-refractivity contribution in [1.29, 1.82) is 0 Å². The normalized spacial score (nSPS) is 13.2. The summed E-state index contributed by atoms with van der Waals surface area (Å²) >= 11 is 1.34. The maximum Gasteiger partial charge on any atom is 0.337 e. The van der Waals surface area contributed by atoms with Crippen molar-refractivity contribution < 1.29 is 19.1 Å². The monoisotopic (exact) mass is 397 g/mol. The van der Waals surface area contributed by atoms with Crippen molar-refractivity contribution in [3.63, 3.8) is 0 Å². The highest BCUT2D eigenvalue weighted by Crippen LogP contribution is 2.28. The van der Waals surface area contributed by atoms with Gasteiger partial charge in [-0.15, -0.1) is 11.3 Å². The molecule has 1 aromatic carbocycles. The Balaban J connectivity index is 1.49. The first kappa shape index (κ1) is 18.2. The molecular weight excluding hydrogens is 378 g/mol. The summed E-state index contributed by atoms with van der Waals surface area (Å²) in [6, 6.07) is 8.89. The fourth-order valence-electron chi connectivity index (χ4n) is 3.43. The van der Waals surface area contributed by atoms with Gasteiger partial charge in [-0.3, -0.25) is 9.59 Å². The third-order valence-corrected chi connectivity index (χ3v) is 5.76. The van der Waals surface area contributed by atoms with E-state index in [0.717, 1.165) is 22.2 Å². The van der Waals surface area contributed by atoms with Crippen LogP contribution in [0.1, 0.15) is 31.3 Å². The molecule has 0 spiro atoms. The molecule has 0 saturated heterocycles. The van der Waals surface area contributed by atoms with Gasteiger partial charge in [0.2, 0.25) is 5.91 Å². The van der Waals surface area contributed by atoms with Crippen LogP contribution in [-0.4, -0.2) is 47.9 Å². The van der Waals surface area contributed by atoms with Gasteiger partial charge in [-0.25, -0.2) is 4.79 Å². The number of ether oxygens (including phenoxy) is 1. The maximum atomic E-state index is 12.6. The molecule has 2 amide bonds. The fourth-order valence-corrected chi connectivity index (χ4v) is 4.07. The number of amides is 2. The Hall–Kier alpha value is -3.13. The van der Waals surface area contributed by atoms with E-state index in [1.165, 1.54) is 18.4 Å². The van der Waals surface area contributed by atoms with Crippen LogP contribution >= 0.6 is 11.3 Å². The van der Waals surface area contributed by atoms with Gasteiger partial charge >= 0.3 is 5.97 Å². The van der Waals surface area contributed by atoms with Crippen LogP contribution in [0.15, 0.2) is 35.7 Å². The minimum absolute atomic E-state index is 0.0398. The highest BCUT2D eigenvalue weighted by atomic mass is 32.1. The maximum absolute atomic E-state index is 12.6. The molecule has 0 radical (unpaired) electrons. The summed E-state index contributed by atoms with van der Waals surface area (Å²) in [6.07, 6.45) is 0.697. The van der Waals surface area contributed by atoms with Crippen molar-refractivity contribution in [2.75, 3.05) is 20.2 Å². The van der Waals surface area contributed by atoms with E-state index in [2.05, 4.69) is 10.3 Å². The van der Waals surface area contributed by atoms with Crippen LogP contribution in [0.3, 0.4) is 0 Å². The van der Waals surface area contributed by atoms with Crippen LogP contribution < -0.4 is 5.32 Å². The summed E-state index contributed by atoms with van der Waals surface area (Å²) in [7, 11) is 1.35. The van der Waals surface area contributed by atoms with Crippen molar-refractivity contribution in [1.82, 2.24) is 15.2 Å². The van der Waals surface area contributed by atoms with E-state index in [1.807, 2.05) is 11.4 Å². The Bertz CT molecular complexity index is 1060. The fraction of sp³-hybridized carbons (Fsp3) is 0.250. The van der Waals surface area contributed by atoms with Crippen molar-refractivity contribution in [2.45, 2.75) is 13.0 Å². The van der Waals surface area contributed by atoms with Gasteiger partial charge in [0.1, 0.15) is 0 Å². The van der Waals surface area contributed by atoms with Crippen LogP contribution in [-0.2, 0) is 22.5 Å². The lowest BCUT2D eigenvalue weighted by Crippen LogP contribution is -2.42. The molecule has 7 nitrogen and oxygen atoms in total. The highest BCUT2D eigenvalue weighted by molar-refractivity contribution is 7.12. The zero-order valence-corrected chi connectivity index (χ0v) is 16.1. The number of hydrogen-bond acceptors (Lipinski definition) is 5. The number of rotatable bonds is 4. The largest absolute Gasteiger partial charge is 0.465 e. The molecule has 144 valence electrons. The number of carbonyl (C=O) groups is 3. The lowest BCUT2D eigenvalue weighted by Gasteiger charge is -2.27. The van der Waals surface area contributed by atoms with Gasteiger partial charge in [0.25, 0.3) is 5.91 Å². The second kappa shape index (κ2) is 7.47. The predicted molar refractivity (Wildman–Crippen MR) is 105 cm³/mol. The van der Waals surface area contributed by atoms with E-state index < -0.39 is 5.97 Å². The number of hydrogen-bond donors (Lipinski definition) is 2. The second-order valence-corrected chi connectivity index (χ2v) is 7.51. The Labute approximate surface area is 165 Å². The number of carbonyl (C=O) groups excluding carboxylic acids is 3. The van der Waals surface area contributed by atoms with Crippen LogP contribution in [0, 0.1) is 0 Å². The molecule has 2 aromatic heterocycles. The zero-order chi connectivity index (χ0) is 19.7. The number of methoxy groups -OCH3 is 1. The van der Waals surface area contributed by atoms with Crippen molar-refractivity contribution in [3.05, 3.63) is 57.4 Å². The summed E-state index contributed by atoms with van der Waals surface area (Å²) in [5.41, 5.74) is 3.48. The summed E-state index contributed by atoms with van der Waals surface area (Å²) in [5.74, 6) is -0.762. The summed E-state index contributed by atoms with van der Waals surface area (Å²) in [4.78, 5) is 42.1. The standard InChI is InChI=1S/C20H19N3O4S/c1-27-20(26)12-4-5-15-13(9-12)14-11-23(7-6-16(14)22-15)18(24)10-21-19(25)17-3-2-8-28-17/h2-5,8-9,22H,6-7,10-11H2,1H3,(H,21,25). The molecule has 0 fully saturated rings. The summed E-state index contributed by atoms with van der Waals surface area (Å²) < 4.78 is 4.80. The molecule has 0 unspecified atom stereocenters. The van der Waals surface area contributed by atoms with E-state index in [1.54, 1.807) is 29.2 Å². The number of fused-ring (bicyclic) bond motifs is 3.